The first-order valence-corrected chi connectivity index (χ1v) is 7.88. The molecule has 0 radical (unpaired) electrons. The van der Waals surface area contributed by atoms with Crippen molar-refractivity contribution in [3.63, 3.8) is 0 Å². The van der Waals surface area contributed by atoms with Crippen molar-refractivity contribution in [2.24, 2.45) is 5.73 Å². The molecule has 0 spiro atoms. The Hall–Kier alpha value is -0.940. The molecule has 0 fully saturated rings. The molecule has 98 valence electrons. The predicted molar refractivity (Wildman–Crippen MR) is 81.7 cm³/mol. The van der Waals surface area contributed by atoms with Gasteiger partial charge in [0.2, 0.25) is 0 Å². The maximum Gasteiger partial charge on any atom is 0.145 e. The minimum atomic E-state index is -0.363. The normalized spacial score (nSPS) is 13.0. The molecule has 0 saturated carbocycles. The molecule has 19 heavy (non-hydrogen) atoms. The van der Waals surface area contributed by atoms with E-state index < -0.39 is 0 Å². The van der Waals surface area contributed by atoms with Gasteiger partial charge in [-0.1, -0.05) is 23.7 Å². The zero-order chi connectivity index (χ0) is 13.4. The third-order valence-electron chi connectivity index (χ3n) is 3.00. The van der Waals surface area contributed by atoms with Crippen LogP contribution in [0.4, 0.5) is 4.39 Å². The van der Waals surface area contributed by atoms with Crippen LogP contribution >= 0.6 is 34.3 Å². The third-order valence-corrected chi connectivity index (χ3v) is 5.51. The predicted octanol–water partition coefficient (Wildman–Crippen LogP) is 5.00. The largest absolute Gasteiger partial charge is 0.323 e. The number of hydrogen-bond donors (Lipinski definition) is 1. The van der Waals surface area contributed by atoms with E-state index in [9.17, 15) is 4.39 Å². The van der Waals surface area contributed by atoms with E-state index in [-0.39, 0.29) is 16.9 Å². The molecule has 1 unspecified atom stereocenters. The Balaban J connectivity index is 1.86. The summed E-state index contributed by atoms with van der Waals surface area (Å²) in [6, 6.07) is 9.01. The monoisotopic (exact) mass is 311 g/mol. The molecule has 3 aromatic rings. The van der Waals surface area contributed by atoms with E-state index in [0.29, 0.717) is 12.0 Å². The van der Waals surface area contributed by atoms with Crippen molar-refractivity contribution in [3.8, 4) is 0 Å². The molecule has 0 aliphatic carbocycles. The fraction of sp³-hybridized carbons (Fsp3) is 0.143. The van der Waals surface area contributed by atoms with Crippen LogP contribution < -0.4 is 5.73 Å². The molecule has 1 aromatic carbocycles. The van der Waals surface area contributed by atoms with E-state index in [1.807, 2.05) is 0 Å². The summed E-state index contributed by atoms with van der Waals surface area (Å²) >= 11 is 9.15. The van der Waals surface area contributed by atoms with Crippen LogP contribution in [0.25, 0.3) is 9.40 Å². The Morgan fingerprint density at radius 1 is 1.26 bits per heavy atom. The van der Waals surface area contributed by atoms with Gasteiger partial charge in [-0.05, 0) is 35.6 Å². The summed E-state index contributed by atoms with van der Waals surface area (Å²) in [5.74, 6) is -0.363. The average Bonchev–Trinajstić information content (AvgIpc) is 2.95. The van der Waals surface area contributed by atoms with Gasteiger partial charge in [0.1, 0.15) is 5.82 Å². The van der Waals surface area contributed by atoms with Gasteiger partial charge < -0.3 is 5.73 Å². The molecule has 1 nitrogen and oxygen atoms in total. The SMILES string of the molecule is NC(Cc1cccc(Cl)c1F)c1cc2sccc2s1. The van der Waals surface area contributed by atoms with Crippen LogP contribution in [0, 0.1) is 5.82 Å². The van der Waals surface area contributed by atoms with E-state index in [0.717, 1.165) is 4.88 Å². The zero-order valence-electron chi connectivity index (χ0n) is 9.90. The highest BCUT2D eigenvalue weighted by Crippen LogP contribution is 2.34. The van der Waals surface area contributed by atoms with E-state index in [4.69, 9.17) is 17.3 Å². The van der Waals surface area contributed by atoms with Gasteiger partial charge in [0, 0.05) is 20.3 Å². The Bertz CT molecular complexity index is 691. The van der Waals surface area contributed by atoms with Gasteiger partial charge in [-0.25, -0.2) is 4.39 Å². The van der Waals surface area contributed by atoms with Gasteiger partial charge in [0.15, 0.2) is 0 Å². The van der Waals surface area contributed by atoms with Crippen molar-refractivity contribution in [2.75, 3.05) is 0 Å². The van der Waals surface area contributed by atoms with E-state index in [2.05, 4.69) is 17.5 Å². The minimum Gasteiger partial charge on any atom is -0.323 e. The van der Waals surface area contributed by atoms with E-state index in [1.165, 1.54) is 9.40 Å². The second kappa shape index (κ2) is 5.21. The quantitative estimate of drug-likeness (QED) is 0.724. The van der Waals surface area contributed by atoms with Gasteiger partial charge in [0.05, 0.1) is 5.02 Å². The number of rotatable bonds is 3. The number of halogens is 2. The highest BCUT2D eigenvalue weighted by molar-refractivity contribution is 7.26. The fourth-order valence-electron chi connectivity index (χ4n) is 2.01. The molecule has 0 amide bonds. The van der Waals surface area contributed by atoms with Gasteiger partial charge >= 0.3 is 0 Å². The van der Waals surface area contributed by atoms with Crippen LogP contribution in [0.5, 0.6) is 0 Å². The summed E-state index contributed by atoms with van der Waals surface area (Å²) in [4.78, 5) is 1.08. The van der Waals surface area contributed by atoms with E-state index >= 15 is 0 Å². The summed E-state index contributed by atoms with van der Waals surface area (Å²) in [6.45, 7) is 0. The second-order valence-electron chi connectivity index (χ2n) is 4.32. The number of benzene rings is 1. The average molecular weight is 312 g/mol. The molecule has 5 heteroatoms. The first-order valence-electron chi connectivity index (χ1n) is 5.80. The Labute approximate surface area is 123 Å². The molecular formula is C14H11ClFNS2. The number of nitrogens with two attached hydrogens (primary N) is 1. The standard InChI is InChI=1S/C14H11ClFNS2/c15-9-3-1-2-8(14(9)16)6-10(17)12-7-13-11(19-12)4-5-18-13/h1-5,7,10H,6,17H2. The number of thiophene rings is 2. The lowest BCUT2D eigenvalue weighted by molar-refractivity contribution is 0.595. The maximum absolute atomic E-state index is 13.8. The highest BCUT2D eigenvalue weighted by atomic mass is 35.5. The molecule has 0 aliphatic heterocycles. The van der Waals surface area contributed by atoms with Crippen molar-refractivity contribution in [2.45, 2.75) is 12.5 Å². The van der Waals surface area contributed by atoms with Gasteiger partial charge in [-0.3, -0.25) is 0 Å². The molecule has 0 saturated heterocycles. The summed E-state index contributed by atoms with van der Waals surface area (Å²) in [7, 11) is 0. The van der Waals surface area contributed by atoms with Crippen LogP contribution in [0.15, 0.2) is 35.7 Å². The van der Waals surface area contributed by atoms with E-state index in [1.54, 1.807) is 40.9 Å². The van der Waals surface area contributed by atoms with Crippen LogP contribution in [0.2, 0.25) is 5.02 Å². The van der Waals surface area contributed by atoms with Crippen LogP contribution in [0.1, 0.15) is 16.5 Å². The van der Waals surface area contributed by atoms with Crippen LogP contribution in [-0.2, 0) is 6.42 Å². The summed E-state index contributed by atoms with van der Waals surface area (Å²) < 4.78 is 16.3. The molecule has 2 N–H and O–H groups in total. The summed E-state index contributed by atoms with van der Waals surface area (Å²) in [5, 5.41) is 2.21. The molecular weight excluding hydrogens is 301 g/mol. The highest BCUT2D eigenvalue weighted by Gasteiger charge is 2.15. The number of hydrogen-bond acceptors (Lipinski definition) is 3. The minimum absolute atomic E-state index is 0.150. The van der Waals surface area contributed by atoms with Gasteiger partial charge in [-0.2, -0.15) is 0 Å². The lowest BCUT2D eigenvalue weighted by Gasteiger charge is -2.10. The van der Waals surface area contributed by atoms with Crippen molar-refractivity contribution in [1.29, 1.82) is 0 Å². The lowest BCUT2D eigenvalue weighted by Crippen LogP contribution is -2.12. The maximum atomic E-state index is 13.8. The van der Waals surface area contributed by atoms with Gasteiger partial charge in [0.25, 0.3) is 0 Å². The lowest BCUT2D eigenvalue weighted by atomic mass is 10.0. The molecule has 0 bridgehead atoms. The first kappa shape index (κ1) is 13.1. The smallest absolute Gasteiger partial charge is 0.145 e. The Kier molecular flexibility index (Phi) is 3.58. The molecule has 1 atom stereocenters. The summed E-state index contributed by atoms with van der Waals surface area (Å²) in [6.07, 6.45) is 0.458. The van der Waals surface area contributed by atoms with Crippen LogP contribution in [0.3, 0.4) is 0 Å². The second-order valence-corrected chi connectivity index (χ2v) is 6.79. The third kappa shape index (κ3) is 2.54. The van der Waals surface area contributed by atoms with Crippen molar-refractivity contribution < 1.29 is 4.39 Å². The molecule has 2 aromatic heterocycles. The Morgan fingerprint density at radius 3 is 2.89 bits per heavy atom. The topological polar surface area (TPSA) is 26.0 Å². The number of fused-ring (bicyclic) bond motifs is 1. The Morgan fingerprint density at radius 2 is 2.11 bits per heavy atom. The summed E-state index contributed by atoms with van der Waals surface area (Å²) in [5.41, 5.74) is 6.74. The van der Waals surface area contributed by atoms with Crippen LogP contribution in [-0.4, -0.2) is 0 Å². The molecule has 3 rings (SSSR count). The first-order chi connectivity index (χ1) is 9.15. The van der Waals surface area contributed by atoms with Crippen molar-refractivity contribution in [1.82, 2.24) is 0 Å². The van der Waals surface area contributed by atoms with Crippen molar-refractivity contribution >= 4 is 43.7 Å². The van der Waals surface area contributed by atoms with Gasteiger partial charge in [-0.15, -0.1) is 22.7 Å². The molecule has 2 heterocycles. The fourth-order valence-corrected chi connectivity index (χ4v) is 4.33. The zero-order valence-corrected chi connectivity index (χ0v) is 12.3. The van der Waals surface area contributed by atoms with Crippen molar-refractivity contribution in [3.05, 3.63) is 57.0 Å². The molecule has 0 aliphatic rings.